The summed E-state index contributed by atoms with van der Waals surface area (Å²) >= 11 is 6.99. The first-order chi connectivity index (χ1) is 17.7. The van der Waals surface area contributed by atoms with Crippen molar-refractivity contribution < 1.29 is 32.3 Å². The van der Waals surface area contributed by atoms with Gasteiger partial charge in [0.05, 0.1) is 27.1 Å². The molecule has 1 aliphatic rings. The molecule has 0 radical (unpaired) electrons. The molecule has 13 heteroatoms. The number of carbonyl (C=O) groups excluding carboxylic acids is 3. The molecule has 1 fully saturated rings. The van der Waals surface area contributed by atoms with Crippen molar-refractivity contribution in [2.45, 2.75) is 33.0 Å². The van der Waals surface area contributed by atoms with Crippen molar-refractivity contribution in [2.24, 2.45) is 5.41 Å². The number of anilines is 2. The van der Waals surface area contributed by atoms with E-state index in [1.54, 1.807) is 24.1 Å². The third-order valence-corrected chi connectivity index (χ3v) is 6.89. The number of alkyl halides is 3. The number of hydrogen-bond donors (Lipinski definition) is 2. The molecule has 3 amide bonds. The van der Waals surface area contributed by atoms with Crippen LogP contribution in [0.1, 0.15) is 36.0 Å². The number of morpholine rings is 1. The molecule has 2 heterocycles. The Balaban J connectivity index is 1.83. The quantitative estimate of drug-likeness (QED) is 0.485. The van der Waals surface area contributed by atoms with Crippen molar-refractivity contribution in [2.75, 3.05) is 50.1 Å². The first kappa shape index (κ1) is 29.9. The van der Waals surface area contributed by atoms with E-state index in [9.17, 15) is 27.6 Å². The van der Waals surface area contributed by atoms with Crippen LogP contribution in [0.4, 0.5) is 24.5 Å². The van der Waals surface area contributed by atoms with E-state index in [2.05, 4.69) is 10.6 Å². The summed E-state index contributed by atoms with van der Waals surface area (Å²) in [5, 5.41) is 5.26. The molecule has 1 saturated heterocycles. The van der Waals surface area contributed by atoms with Gasteiger partial charge < -0.3 is 20.3 Å². The molecule has 1 aromatic carbocycles. The van der Waals surface area contributed by atoms with Crippen LogP contribution in [0.15, 0.2) is 30.3 Å². The van der Waals surface area contributed by atoms with Crippen LogP contribution >= 0.6 is 22.9 Å². The van der Waals surface area contributed by atoms with E-state index in [-0.39, 0.29) is 43.1 Å². The smallest absolute Gasteiger partial charge is 0.370 e. The third kappa shape index (κ3) is 7.92. The van der Waals surface area contributed by atoms with Crippen molar-refractivity contribution in [1.82, 2.24) is 10.2 Å². The number of rotatable bonds is 8. The monoisotopic (exact) mass is 574 g/mol. The van der Waals surface area contributed by atoms with E-state index in [1.807, 2.05) is 20.8 Å². The summed E-state index contributed by atoms with van der Waals surface area (Å²) in [6.45, 7) is 6.12. The van der Waals surface area contributed by atoms with E-state index < -0.39 is 35.5 Å². The van der Waals surface area contributed by atoms with Crippen molar-refractivity contribution in [3.63, 3.8) is 0 Å². The summed E-state index contributed by atoms with van der Waals surface area (Å²) in [5.41, 5.74) is -1.63. The molecule has 1 aliphatic heterocycles. The number of halogens is 4. The molecule has 0 unspecified atom stereocenters. The fraction of sp³-hybridized carbons (Fsp3) is 0.480. The van der Waals surface area contributed by atoms with Crippen molar-refractivity contribution in [3.8, 4) is 0 Å². The van der Waals surface area contributed by atoms with Crippen molar-refractivity contribution in [1.29, 1.82) is 0 Å². The minimum Gasteiger partial charge on any atom is -0.370 e. The van der Waals surface area contributed by atoms with Crippen LogP contribution in [0, 0.1) is 5.41 Å². The maximum absolute atomic E-state index is 13.9. The van der Waals surface area contributed by atoms with Crippen molar-refractivity contribution in [3.05, 3.63) is 45.1 Å². The molecular formula is C25H30ClF3N4O4S. The maximum atomic E-state index is 13.9. The highest BCUT2D eigenvalue weighted by Crippen LogP contribution is 2.39. The Hall–Kier alpha value is -2.67. The summed E-state index contributed by atoms with van der Waals surface area (Å²) in [5.74, 6) is -1.59. The van der Waals surface area contributed by atoms with Gasteiger partial charge in [0.1, 0.15) is 12.6 Å². The second-order valence-corrected chi connectivity index (χ2v) is 11.8. The van der Waals surface area contributed by atoms with E-state index >= 15 is 0 Å². The number of carbonyl (C=O) groups is 3. The molecule has 208 valence electrons. The SMILES string of the molecule is CN(CC(C)(C)C)[C@H](CNC(=O)c1ccc(Cl)s1)C(=O)Nc1ccc(N2CCOCC2=O)c(C(F)(F)F)c1. The van der Waals surface area contributed by atoms with Gasteiger partial charge >= 0.3 is 6.18 Å². The van der Waals surface area contributed by atoms with Crippen LogP contribution in [-0.4, -0.2) is 68.6 Å². The summed E-state index contributed by atoms with van der Waals surface area (Å²) < 4.78 is 47.3. The number of hydrogen-bond acceptors (Lipinski definition) is 6. The average molecular weight is 575 g/mol. The van der Waals surface area contributed by atoms with Gasteiger partial charge in [-0.15, -0.1) is 11.3 Å². The maximum Gasteiger partial charge on any atom is 0.418 e. The summed E-state index contributed by atoms with van der Waals surface area (Å²) in [6, 6.07) is 5.56. The zero-order valence-corrected chi connectivity index (χ0v) is 23.0. The molecule has 2 N–H and O–H groups in total. The predicted octanol–water partition coefficient (Wildman–Crippen LogP) is 4.50. The van der Waals surface area contributed by atoms with Gasteiger partial charge in [0.25, 0.3) is 11.8 Å². The highest BCUT2D eigenvalue weighted by Gasteiger charge is 2.37. The Bertz CT molecular complexity index is 1180. The van der Waals surface area contributed by atoms with Gasteiger partial charge in [0, 0.05) is 25.3 Å². The van der Waals surface area contributed by atoms with Gasteiger partial charge in [-0.25, -0.2) is 0 Å². The molecule has 0 spiro atoms. The highest BCUT2D eigenvalue weighted by molar-refractivity contribution is 7.18. The number of nitrogens with one attached hydrogen (secondary N) is 2. The number of benzene rings is 1. The lowest BCUT2D eigenvalue weighted by Gasteiger charge is -2.33. The Morgan fingerprint density at radius 3 is 2.50 bits per heavy atom. The van der Waals surface area contributed by atoms with Crippen LogP contribution in [0.5, 0.6) is 0 Å². The molecule has 3 rings (SSSR count). The number of amides is 3. The number of thiophene rings is 1. The average Bonchev–Trinajstić information content (AvgIpc) is 3.24. The Morgan fingerprint density at radius 2 is 1.92 bits per heavy atom. The zero-order valence-electron chi connectivity index (χ0n) is 21.4. The van der Waals surface area contributed by atoms with Crippen LogP contribution in [0.25, 0.3) is 0 Å². The van der Waals surface area contributed by atoms with E-state index in [1.165, 1.54) is 6.07 Å². The molecular weight excluding hydrogens is 545 g/mol. The molecule has 0 saturated carbocycles. The third-order valence-electron chi connectivity index (χ3n) is 5.66. The van der Waals surface area contributed by atoms with Gasteiger partial charge in [-0.1, -0.05) is 32.4 Å². The zero-order chi connectivity index (χ0) is 28.3. The fourth-order valence-corrected chi connectivity index (χ4v) is 5.05. The molecule has 1 atom stereocenters. The van der Waals surface area contributed by atoms with Gasteiger partial charge in [-0.2, -0.15) is 13.2 Å². The minimum atomic E-state index is -4.77. The second kappa shape index (κ2) is 12.0. The van der Waals surface area contributed by atoms with Crippen LogP contribution in [-0.2, 0) is 20.5 Å². The lowest BCUT2D eigenvalue weighted by atomic mass is 9.95. The van der Waals surface area contributed by atoms with Gasteiger partial charge in [0.2, 0.25) is 5.91 Å². The van der Waals surface area contributed by atoms with Crippen LogP contribution in [0.2, 0.25) is 4.34 Å². The lowest BCUT2D eigenvalue weighted by Crippen LogP contribution is -2.51. The Morgan fingerprint density at radius 1 is 1.21 bits per heavy atom. The highest BCUT2D eigenvalue weighted by atomic mass is 35.5. The van der Waals surface area contributed by atoms with E-state index in [0.29, 0.717) is 15.8 Å². The molecule has 2 aromatic rings. The van der Waals surface area contributed by atoms with E-state index in [4.69, 9.17) is 16.3 Å². The molecule has 38 heavy (non-hydrogen) atoms. The summed E-state index contributed by atoms with van der Waals surface area (Å²) in [7, 11) is 1.71. The number of likely N-dealkylation sites (N-methyl/N-ethyl adjacent to an activating group) is 1. The van der Waals surface area contributed by atoms with Gasteiger partial charge in [0.15, 0.2) is 0 Å². The summed E-state index contributed by atoms with van der Waals surface area (Å²) in [6.07, 6.45) is -4.77. The first-order valence-electron chi connectivity index (χ1n) is 11.8. The summed E-state index contributed by atoms with van der Waals surface area (Å²) in [4.78, 5) is 41.2. The molecule has 8 nitrogen and oxygen atoms in total. The predicted molar refractivity (Wildman–Crippen MR) is 141 cm³/mol. The lowest BCUT2D eigenvalue weighted by molar-refractivity contribution is -0.137. The molecule has 0 aliphatic carbocycles. The largest absolute Gasteiger partial charge is 0.418 e. The second-order valence-electron chi connectivity index (χ2n) is 10.1. The minimum absolute atomic E-state index is 0.0115. The Labute approximate surface area is 228 Å². The first-order valence-corrected chi connectivity index (χ1v) is 13.0. The van der Waals surface area contributed by atoms with Crippen LogP contribution in [0.3, 0.4) is 0 Å². The van der Waals surface area contributed by atoms with Crippen molar-refractivity contribution >= 4 is 52.0 Å². The fourth-order valence-electron chi connectivity index (χ4n) is 4.09. The number of nitrogens with zero attached hydrogens (tertiary/aromatic N) is 2. The number of ether oxygens (including phenoxy) is 1. The standard InChI is InChI=1S/C25H30ClF3N4O4S/c1-24(2,3)14-32(4)18(12-30-23(36)19-7-8-20(26)38-19)22(35)31-15-5-6-17(16(11-15)25(27,28)29)33-9-10-37-13-21(33)34/h5-8,11,18H,9-10,12-14H2,1-4H3,(H,30,36)(H,31,35)/t18-/m1/s1. The van der Waals surface area contributed by atoms with Gasteiger partial charge in [-0.05, 0) is 42.8 Å². The topological polar surface area (TPSA) is 91.0 Å². The Kier molecular flexibility index (Phi) is 9.45. The van der Waals surface area contributed by atoms with Crippen LogP contribution < -0.4 is 15.5 Å². The normalized spacial score (nSPS) is 15.5. The van der Waals surface area contributed by atoms with Gasteiger partial charge in [-0.3, -0.25) is 19.3 Å². The molecule has 0 bridgehead atoms. The van der Waals surface area contributed by atoms with E-state index in [0.717, 1.165) is 28.4 Å². The molecule has 1 aromatic heterocycles.